The Balaban J connectivity index is 1.43. The second-order valence-electron chi connectivity index (χ2n) is 7.05. The van der Waals surface area contributed by atoms with Gasteiger partial charge in [0.25, 0.3) is 5.91 Å². The van der Waals surface area contributed by atoms with Gasteiger partial charge in [-0.25, -0.2) is 9.38 Å². The zero-order valence-electron chi connectivity index (χ0n) is 17.6. The number of amidine groups is 1. The number of thioether (sulfide) groups is 1. The van der Waals surface area contributed by atoms with Gasteiger partial charge in [0.2, 0.25) is 0 Å². The van der Waals surface area contributed by atoms with E-state index in [-0.39, 0.29) is 11.7 Å². The topological polar surface area (TPSA) is 51.1 Å². The average Bonchev–Trinajstić information content (AvgIpc) is 3.08. The largest absolute Gasteiger partial charge is 0.497 e. The summed E-state index contributed by atoms with van der Waals surface area (Å²) >= 11 is 1.33. The van der Waals surface area contributed by atoms with Crippen molar-refractivity contribution in [1.82, 2.24) is 4.90 Å². The summed E-state index contributed by atoms with van der Waals surface area (Å²) in [7, 11) is 3.33. The lowest BCUT2D eigenvalue weighted by atomic mass is 10.2. The van der Waals surface area contributed by atoms with Gasteiger partial charge in [-0.2, -0.15) is 0 Å². The van der Waals surface area contributed by atoms with Crippen LogP contribution in [-0.4, -0.2) is 30.1 Å². The maximum Gasteiger partial charge on any atom is 0.266 e. The summed E-state index contributed by atoms with van der Waals surface area (Å²) in [6, 6.07) is 21.0. The molecule has 1 aliphatic rings. The van der Waals surface area contributed by atoms with Crippen LogP contribution in [-0.2, 0) is 11.4 Å². The van der Waals surface area contributed by atoms with Gasteiger partial charge in [0, 0.05) is 7.05 Å². The van der Waals surface area contributed by atoms with E-state index in [1.54, 1.807) is 31.2 Å². The Morgan fingerprint density at radius 3 is 2.28 bits per heavy atom. The van der Waals surface area contributed by atoms with Crippen molar-refractivity contribution in [3.8, 4) is 11.5 Å². The minimum atomic E-state index is -0.270. The highest BCUT2D eigenvalue weighted by molar-refractivity contribution is 8.18. The van der Waals surface area contributed by atoms with Crippen LogP contribution < -0.4 is 9.47 Å². The number of carbonyl (C=O) groups is 1. The minimum absolute atomic E-state index is 0.0982. The van der Waals surface area contributed by atoms with Crippen molar-refractivity contribution >= 4 is 34.6 Å². The van der Waals surface area contributed by atoms with Gasteiger partial charge in [0.1, 0.15) is 23.9 Å². The molecule has 7 heteroatoms. The standard InChI is InChI=1S/C25H21FN2O3S/c1-28-24(29)23(32-25(28)27-20-9-13-21(30-2)14-10-20)15-17-5-11-22(12-6-17)31-16-18-3-7-19(26)8-4-18/h3-15H,16H2,1-2H3. The first kappa shape index (κ1) is 21.6. The quantitative estimate of drug-likeness (QED) is 0.458. The van der Waals surface area contributed by atoms with E-state index >= 15 is 0 Å². The maximum atomic E-state index is 13.0. The van der Waals surface area contributed by atoms with Crippen molar-refractivity contribution < 1.29 is 18.7 Å². The molecule has 1 fully saturated rings. The Hall–Kier alpha value is -3.58. The first-order valence-electron chi connectivity index (χ1n) is 9.89. The molecule has 0 atom stereocenters. The van der Waals surface area contributed by atoms with Crippen LogP contribution in [0.25, 0.3) is 6.08 Å². The van der Waals surface area contributed by atoms with E-state index in [0.717, 1.165) is 22.6 Å². The molecule has 1 saturated heterocycles. The normalized spacial score (nSPS) is 16.1. The highest BCUT2D eigenvalue weighted by Gasteiger charge is 2.30. The molecule has 1 amide bonds. The molecule has 1 heterocycles. The van der Waals surface area contributed by atoms with Crippen LogP contribution in [0.3, 0.4) is 0 Å². The van der Waals surface area contributed by atoms with Gasteiger partial charge in [-0.3, -0.25) is 9.69 Å². The number of hydrogen-bond donors (Lipinski definition) is 0. The highest BCUT2D eigenvalue weighted by Crippen LogP contribution is 2.33. The van der Waals surface area contributed by atoms with Gasteiger partial charge in [0.05, 0.1) is 17.7 Å². The number of rotatable bonds is 6. The molecular formula is C25H21FN2O3S. The maximum absolute atomic E-state index is 13.0. The van der Waals surface area contributed by atoms with Gasteiger partial charge in [-0.15, -0.1) is 0 Å². The SMILES string of the molecule is COc1ccc(N=C2SC(=Cc3ccc(OCc4ccc(F)cc4)cc3)C(=O)N2C)cc1. The first-order valence-corrected chi connectivity index (χ1v) is 10.7. The second kappa shape index (κ2) is 9.70. The number of nitrogens with zero attached hydrogens (tertiary/aromatic N) is 2. The van der Waals surface area contributed by atoms with E-state index in [2.05, 4.69) is 4.99 Å². The number of ether oxygens (including phenoxy) is 2. The summed E-state index contributed by atoms with van der Waals surface area (Å²) in [6.07, 6.45) is 1.84. The number of likely N-dealkylation sites (N-methyl/N-ethyl adjacent to an activating group) is 1. The van der Waals surface area contributed by atoms with Crippen LogP contribution in [0.15, 0.2) is 82.7 Å². The van der Waals surface area contributed by atoms with E-state index < -0.39 is 0 Å². The zero-order valence-corrected chi connectivity index (χ0v) is 18.4. The molecular weight excluding hydrogens is 427 g/mol. The van der Waals surface area contributed by atoms with E-state index in [0.29, 0.717) is 22.4 Å². The van der Waals surface area contributed by atoms with Crippen molar-refractivity contribution in [2.75, 3.05) is 14.2 Å². The summed E-state index contributed by atoms with van der Waals surface area (Å²) < 4.78 is 23.9. The Morgan fingerprint density at radius 2 is 1.62 bits per heavy atom. The third kappa shape index (κ3) is 5.18. The van der Waals surface area contributed by atoms with Crippen LogP contribution in [0.4, 0.5) is 10.1 Å². The second-order valence-corrected chi connectivity index (χ2v) is 8.06. The molecule has 0 aliphatic carbocycles. The number of benzene rings is 3. The molecule has 1 aliphatic heterocycles. The lowest BCUT2D eigenvalue weighted by Gasteiger charge is -2.07. The molecule has 3 aromatic carbocycles. The Morgan fingerprint density at radius 1 is 0.969 bits per heavy atom. The molecule has 0 aromatic heterocycles. The molecule has 0 bridgehead atoms. The van der Waals surface area contributed by atoms with Crippen LogP contribution in [0, 0.1) is 5.82 Å². The van der Waals surface area contributed by atoms with Crippen LogP contribution in [0.1, 0.15) is 11.1 Å². The summed E-state index contributed by atoms with van der Waals surface area (Å²) in [6.45, 7) is 0.352. The molecule has 0 unspecified atom stereocenters. The summed E-state index contributed by atoms with van der Waals surface area (Å²) in [5.74, 6) is 1.08. The molecule has 4 rings (SSSR count). The van der Waals surface area contributed by atoms with E-state index in [1.807, 2.05) is 54.6 Å². The summed E-state index contributed by atoms with van der Waals surface area (Å²) in [4.78, 5) is 19.4. The third-order valence-electron chi connectivity index (χ3n) is 4.80. The molecule has 0 radical (unpaired) electrons. The van der Waals surface area contributed by atoms with Gasteiger partial charge >= 0.3 is 0 Å². The third-order valence-corrected chi connectivity index (χ3v) is 5.86. The van der Waals surface area contributed by atoms with Gasteiger partial charge in [-0.1, -0.05) is 24.3 Å². The number of methoxy groups -OCH3 is 1. The molecule has 0 saturated carbocycles. The Labute approximate surface area is 190 Å². The fourth-order valence-corrected chi connectivity index (χ4v) is 3.96. The summed E-state index contributed by atoms with van der Waals surface area (Å²) in [5.41, 5.74) is 2.52. The molecule has 5 nitrogen and oxygen atoms in total. The number of carbonyl (C=O) groups excluding carboxylic acids is 1. The van der Waals surface area contributed by atoms with E-state index in [1.165, 1.54) is 23.9 Å². The number of aliphatic imine (C=N–C) groups is 1. The summed E-state index contributed by atoms with van der Waals surface area (Å²) in [5, 5.41) is 0.616. The minimum Gasteiger partial charge on any atom is -0.497 e. The Kier molecular flexibility index (Phi) is 6.56. The van der Waals surface area contributed by atoms with Crippen LogP contribution >= 0.6 is 11.8 Å². The lowest BCUT2D eigenvalue weighted by Crippen LogP contribution is -2.23. The molecule has 0 N–H and O–H groups in total. The predicted octanol–water partition coefficient (Wildman–Crippen LogP) is 5.65. The monoisotopic (exact) mass is 448 g/mol. The first-order chi connectivity index (χ1) is 15.5. The molecule has 3 aromatic rings. The molecule has 0 spiro atoms. The van der Waals surface area contributed by atoms with Crippen molar-refractivity contribution in [3.63, 3.8) is 0 Å². The fraction of sp³-hybridized carbons (Fsp3) is 0.120. The van der Waals surface area contributed by atoms with Crippen molar-refractivity contribution in [2.24, 2.45) is 4.99 Å². The Bertz CT molecular complexity index is 1160. The van der Waals surface area contributed by atoms with Gasteiger partial charge in [-0.05, 0) is 77.5 Å². The predicted molar refractivity (Wildman–Crippen MR) is 126 cm³/mol. The number of amides is 1. The van der Waals surface area contributed by atoms with Gasteiger partial charge < -0.3 is 9.47 Å². The van der Waals surface area contributed by atoms with Gasteiger partial charge in [0.15, 0.2) is 5.17 Å². The lowest BCUT2D eigenvalue weighted by molar-refractivity contribution is -0.121. The average molecular weight is 449 g/mol. The van der Waals surface area contributed by atoms with Crippen LogP contribution in [0.5, 0.6) is 11.5 Å². The zero-order chi connectivity index (χ0) is 22.5. The van der Waals surface area contributed by atoms with E-state index in [4.69, 9.17) is 9.47 Å². The van der Waals surface area contributed by atoms with Crippen molar-refractivity contribution in [2.45, 2.75) is 6.61 Å². The molecule has 162 valence electrons. The van der Waals surface area contributed by atoms with Crippen LogP contribution in [0.2, 0.25) is 0 Å². The smallest absolute Gasteiger partial charge is 0.266 e. The van der Waals surface area contributed by atoms with E-state index in [9.17, 15) is 9.18 Å². The fourth-order valence-electron chi connectivity index (χ4n) is 2.98. The molecule has 32 heavy (non-hydrogen) atoms. The van der Waals surface area contributed by atoms with Crippen molar-refractivity contribution in [3.05, 3.63) is 94.6 Å². The number of hydrogen-bond acceptors (Lipinski definition) is 5. The van der Waals surface area contributed by atoms with Crippen molar-refractivity contribution in [1.29, 1.82) is 0 Å². The number of halogens is 1. The highest BCUT2D eigenvalue weighted by atomic mass is 32.2.